The van der Waals surface area contributed by atoms with Gasteiger partial charge in [-0.05, 0) is 6.42 Å². The van der Waals surface area contributed by atoms with Crippen molar-refractivity contribution in [3.05, 3.63) is 0 Å². The van der Waals surface area contributed by atoms with Gasteiger partial charge in [0.1, 0.15) is 0 Å². The van der Waals surface area contributed by atoms with Crippen molar-refractivity contribution >= 4 is 5.97 Å². The summed E-state index contributed by atoms with van der Waals surface area (Å²) < 4.78 is 0. The van der Waals surface area contributed by atoms with Crippen LogP contribution in [0.5, 0.6) is 0 Å². The van der Waals surface area contributed by atoms with Gasteiger partial charge in [-0.1, -0.05) is 47.0 Å². The Morgan fingerprint density at radius 3 is 2.32 bits per heavy atom. The standard InChI is InChI=1S/C14H28O5/c1-5-7-9-11(13(16)17)14(3,4)10-18-19-12(15)8-6-2/h11-12,15H,5-10H2,1-4H3,(H,16,17). The zero-order valence-corrected chi connectivity index (χ0v) is 12.5. The topological polar surface area (TPSA) is 76.0 Å². The Labute approximate surface area is 115 Å². The summed E-state index contributed by atoms with van der Waals surface area (Å²) in [6, 6.07) is 0. The molecule has 0 aromatic rings. The van der Waals surface area contributed by atoms with Gasteiger partial charge < -0.3 is 10.2 Å². The highest BCUT2D eigenvalue weighted by molar-refractivity contribution is 5.70. The Kier molecular flexibility index (Phi) is 8.97. The molecule has 0 aliphatic heterocycles. The van der Waals surface area contributed by atoms with E-state index in [9.17, 15) is 15.0 Å². The molecule has 0 aliphatic carbocycles. The normalized spacial score (nSPS) is 15.2. The molecule has 0 rings (SSSR count). The first kappa shape index (κ1) is 18.4. The number of aliphatic hydroxyl groups is 1. The van der Waals surface area contributed by atoms with Crippen LogP contribution in [0.2, 0.25) is 0 Å². The van der Waals surface area contributed by atoms with Crippen LogP contribution in [0.25, 0.3) is 0 Å². The van der Waals surface area contributed by atoms with Gasteiger partial charge in [0.05, 0.1) is 12.5 Å². The van der Waals surface area contributed by atoms with Crippen molar-refractivity contribution in [3.8, 4) is 0 Å². The summed E-state index contributed by atoms with van der Waals surface area (Å²) in [5, 5.41) is 18.7. The Morgan fingerprint density at radius 2 is 1.84 bits per heavy atom. The third kappa shape index (κ3) is 7.50. The van der Waals surface area contributed by atoms with E-state index in [1.165, 1.54) is 0 Å². The van der Waals surface area contributed by atoms with Crippen LogP contribution in [0.1, 0.15) is 59.8 Å². The lowest BCUT2D eigenvalue weighted by Gasteiger charge is -2.30. The largest absolute Gasteiger partial charge is 0.481 e. The predicted molar refractivity (Wildman–Crippen MR) is 72.4 cm³/mol. The number of unbranched alkanes of at least 4 members (excludes halogenated alkanes) is 1. The van der Waals surface area contributed by atoms with E-state index in [1.54, 1.807) is 0 Å². The lowest BCUT2D eigenvalue weighted by atomic mass is 9.77. The molecule has 0 heterocycles. The predicted octanol–water partition coefficient (Wildman–Crippen LogP) is 2.97. The maximum atomic E-state index is 11.3. The van der Waals surface area contributed by atoms with Gasteiger partial charge in [-0.3, -0.25) is 4.79 Å². The van der Waals surface area contributed by atoms with Crippen LogP contribution in [0.4, 0.5) is 0 Å². The molecule has 0 amide bonds. The number of aliphatic carboxylic acids is 1. The Morgan fingerprint density at radius 1 is 1.21 bits per heavy atom. The number of hydrogen-bond acceptors (Lipinski definition) is 4. The molecule has 0 saturated heterocycles. The van der Waals surface area contributed by atoms with Gasteiger partial charge in [0.25, 0.3) is 0 Å². The van der Waals surface area contributed by atoms with Crippen molar-refractivity contribution in [2.24, 2.45) is 11.3 Å². The van der Waals surface area contributed by atoms with E-state index >= 15 is 0 Å². The molecule has 0 saturated carbocycles. The number of hydrogen-bond donors (Lipinski definition) is 2. The lowest BCUT2D eigenvalue weighted by Crippen LogP contribution is -2.35. The number of carboxylic acids is 1. The molecule has 2 atom stereocenters. The van der Waals surface area contributed by atoms with Crippen LogP contribution < -0.4 is 0 Å². The van der Waals surface area contributed by atoms with Gasteiger partial charge in [0, 0.05) is 11.8 Å². The summed E-state index contributed by atoms with van der Waals surface area (Å²) >= 11 is 0. The second-order valence-electron chi connectivity index (χ2n) is 5.62. The van der Waals surface area contributed by atoms with Crippen LogP contribution >= 0.6 is 0 Å². The number of carbonyl (C=O) groups is 1. The molecule has 5 nitrogen and oxygen atoms in total. The van der Waals surface area contributed by atoms with Gasteiger partial charge in [-0.25, -0.2) is 9.78 Å². The first-order valence-electron chi connectivity index (χ1n) is 7.04. The highest BCUT2D eigenvalue weighted by atomic mass is 17.2. The smallest absolute Gasteiger partial charge is 0.307 e. The summed E-state index contributed by atoms with van der Waals surface area (Å²) in [4.78, 5) is 21.1. The van der Waals surface area contributed by atoms with E-state index in [0.29, 0.717) is 12.8 Å². The fourth-order valence-electron chi connectivity index (χ4n) is 1.92. The second kappa shape index (κ2) is 9.28. The van der Waals surface area contributed by atoms with Gasteiger partial charge >= 0.3 is 5.97 Å². The molecular formula is C14H28O5. The molecule has 0 spiro atoms. The van der Waals surface area contributed by atoms with E-state index in [1.807, 2.05) is 27.7 Å². The molecule has 5 heteroatoms. The SMILES string of the molecule is CCCCC(C(=O)O)C(C)(C)COOC(O)CCC. The van der Waals surface area contributed by atoms with E-state index in [0.717, 1.165) is 19.3 Å². The molecule has 114 valence electrons. The molecule has 0 fully saturated rings. The van der Waals surface area contributed by atoms with Crippen LogP contribution in [-0.4, -0.2) is 29.1 Å². The summed E-state index contributed by atoms with van der Waals surface area (Å²) in [7, 11) is 0. The monoisotopic (exact) mass is 276 g/mol. The summed E-state index contributed by atoms with van der Waals surface area (Å²) in [6.07, 6.45) is 2.81. The minimum absolute atomic E-state index is 0.147. The van der Waals surface area contributed by atoms with Crippen LogP contribution in [0.15, 0.2) is 0 Å². The molecule has 19 heavy (non-hydrogen) atoms. The Balaban J connectivity index is 4.27. The van der Waals surface area contributed by atoms with Gasteiger partial charge in [-0.15, -0.1) is 0 Å². The molecule has 0 radical (unpaired) electrons. The average molecular weight is 276 g/mol. The molecule has 0 aliphatic rings. The van der Waals surface area contributed by atoms with Gasteiger partial charge in [-0.2, -0.15) is 0 Å². The fourth-order valence-corrected chi connectivity index (χ4v) is 1.92. The zero-order chi connectivity index (χ0) is 14.9. The first-order chi connectivity index (χ1) is 8.85. The lowest BCUT2D eigenvalue weighted by molar-refractivity contribution is -0.380. The first-order valence-corrected chi connectivity index (χ1v) is 7.04. The molecule has 0 aromatic carbocycles. The second-order valence-corrected chi connectivity index (χ2v) is 5.62. The third-order valence-corrected chi connectivity index (χ3v) is 3.23. The number of aliphatic hydroxyl groups excluding tert-OH is 1. The van der Waals surface area contributed by atoms with Crippen LogP contribution in [-0.2, 0) is 14.6 Å². The Hall–Kier alpha value is -0.650. The fraction of sp³-hybridized carbons (Fsp3) is 0.929. The summed E-state index contributed by atoms with van der Waals surface area (Å²) in [5.74, 6) is -1.28. The molecule has 0 bridgehead atoms. The maximum Gasteiger partial charge on any atom is 0.307 e. The van der Waals surface area contributed by atoms with E-state index in [4.69, 9.17) is 9.78 Å². The van der Waals surface area contributed by atoms with Crippen molar-refractivity contribution < 1.29 is 24.8 Å². The van der Waals surface area contributed by atoms with E-state index < -0.39 is 23.6 Å². The number of carboxylic acid groups (broad SMARTS) is 1. The van der Waals surface area contributed by atoms with Crippen molar-refractivity contribution in [3.63, 3.8) is 0 Å². The maximum absolute atomic E-state index is 11.3. The van der Waals surface area contributed by atoms with Crippen LogP contribution in [0.3, 0.4) is 0 Å². The van der Waals surface area contributed by atoms with Gasteiger partial charge in [0.2, 0.25) is 0 Å². The highest BCUT2D eigenvalue weighted by Crippen LogP contribution is 2.31. The van der Waals surface area contributed by atoms with Gasteiger partial charge in [0.15, 0.2) is 6.29 Å². The van der Waals surface area contributed by atoms with Crippen molar-refractivity contribution in [2.45, 2.75) is 66.1 Å². The molecule has 2 N–H and O–H groups in total. The van der Waals surface area contributed by atoms with Crippen molar-refractivity contribution in [2.75, 3.05) is 6.61 Å². The van der Waals surface area contributed by atoms with Crippen molar-refractivity contribution in [1.29, 1.82) is 0 Å². The van der Waals surface area contributed by atoms with E-state index in [2.05, 4.69) is 0 Å². The van der Waals surface area contributed by atoms with E-state index in [-0.39, 0.29) is 6.61 Å². The molecular weight excluding hydrogens is 248 g/mol. The molecule has 2 unspecified atom stereocenters. The molecule has 0 aromatic heterocycles. The average Bonchev–Trinajstić information content (AvgIpc) is 2.28. The minimum Gasteiger partial charge on any atom is -0.481 e. The quantitative estimate of drug-likeness (QED) is 0.345. The van der Waals surface area contributed by atoms with Crippen LogP contribution in [0, 0.1) is 11.3 Å². The third-order valence-electron chi connectivity index (χ3n) is 3.23. The highest BCUT2D eigenvalue weighted by Gasteiger charge is 2.35. The minimum atomic E-state index is -0.945. The zero-order valence-electron chi connectivity index (χ0n) is 12.5. The summed E-state index contributed by atoms with van der Waals surface area (Å²) in [5.41, 5.74) is -0.535. The number of rotatable bonds is 11. The van der Waals surface area contributed by atoms with Crippen molar-refractivity contribution in [1.82, 2.24) is 0 Å². The summed E-state index contributed by atoms with van der Waals surface area (Å²) in [6.45, 7) is 7.80. The Bertz CT molecular complexity index is 252.